The first-order valence-corrected chi connectivity index (χ1v) is 7.20. The fourth-order valence-electron chi connectivity index (χ4n) is 2.43. The fourth-order valence-corrected chi connectivity index (χ4v) is 2.43. The molecule has 1 saturated heterocycles. The van der Waals surface area contributed by atoms with Crippen molar-refractivity contribution in [1.29, 1.82) is 0 Å². The summed E-state index contributed by atoms with van der Waals surface area (Å²) in [5.74, 6) is 0.0665. The van der Waals surface area contributed by atoms with Crippen LogP contribution in [0.3, 0.4) is 0 Å². The van der Waals surface area contributed by atoms with Gasteiger partial charge in [-0.15, -0.1) is 0 Å². The Bertz CT molecular complexity index is 538. The Morgan fingerprint density at radius 2 is 2.24 bits per heavy atom. The van der Waals surface area contributed by atoms with Crippen molar-refractivity contribution < 1.29 is 19.1 Å². The van der Waals surface area contributed by atoms with Gasteiger partial charge in [0.15, 0.2) is 5.76 Å². The number of nitrogens with zero attached hydrogens (tertiary/aromatic N) is 1. The zero-order chi connectivity index (χ0) is 14.8. The van der Waals surface area contributed by atoms with E-state index >= 15 is 0 Å². The van der Waals surface area contributed by atoms with Crippen LogP contribution < -0.4 is 10.6 Å². The average Bonchev–Trinajstić information content (AvgIpc) is 3.19. The minimum atomic E-state index is -0.519. The van der Waals surface area contributed by atoms with Gasteiger partial charge in [-0.25, -0.2) is 0 Å². The van der Waals surface area contributed by atoms with Crippen LogP contribution in [0.1, 0.15) is 29.2 Å². The van der Waals surface area contributed by atoms with E-state index in [4.69, 9.17) is 9.52 Å². The van der Waals surface area contributed by atoms with Gasteiger partial charge in [-0.05, 0) is 25.0 Å². The number of piperazine rings is 1. The predicted molar refractivity (Wildman–Crippen MR) is 73.5 cm³/mol. The van der Waals surface area contributed by atoms with Crippen LogP contribution in [0, 0.1) is 0 Å². The molecule has 0 radical (unpaired) electrons. The van der Waals surface area contributed by atoms with E-state index in [9.17, 15) is 9.59 Å². The number of hydrogen-bond acceptors (Lipinski definition) is 5. The second kappa shape index (κ2) is 5.87. The first-order valence-electron chi connectivity index (χ1n) is 7.20. The summed E-state index contributed by atoms with van der Waals surface area (Å²) in [6.07, 6.45) is 2.02. The molecule has 1 saturated carbocycles. The molecular weight excluding hydrogens is 274 g/mol. The standard InChI is InChI=1S/C14H19N3O4/c18-8-10-3-4-12(21-10)14(20)17-6-5-15-7-11(17)13(19)16-9-1-2-9/h3-4,9,11,15,18H,1-2,5-8H2,(H,16,19). The summed E-state index contributed by atoms with van der Waals surface area (Å²) in [6, 6.07) is 2.84. The minimum absolute atomic E-state index is 0.119. The molecule has 2 amide bonds. The summed E-state index contributed by atoms with van der Waals surface area (Å²) in [6.45, 7) is 1.29. The molecule has 2 heterocycles. The normalized spacial score (nSPS) is 22.1. The molecule has 1 atom stereocenters. The summed E-state index contributed by atoms with van der Waals surface area (Å²) in [5.41, 5.74) is 0. The third kappa shape index (κ3) is 3.08. The smallest absolute Gasteiger partial charge is 0.290 e. The van der Waals surface area contributed by atoms with Crippen LogP contribution in [0.25, 0.3) is 0 Å². The van der Waals surface area contributed by atoms with Crippen LogP contribution in [0.5, 0.6) is 0 Å². The average molecular weight is 293 g/mol. The lowest BCUT2D eigenvalue weighted by atomic mass is 10.1. The van der Waals surface area contributed by atoms with E-state index in [1.165, 1.54) is 11.0 Å². The number of amides is 2. The van der Waals surface area contributed by atoms with E-state index in [0.717, 1.165) is 12.8 Å². The van der Waals surface area contributed by atoms with Gasteiger partial charge < -0.3 is 25.1 Å². The Labute approximate surface area is 122 Å². The van der Waals surface area contributed by atoms with Gasteiger partial charge in [0.25, 0.3) is 5.91 Å². The molecule has 0 spiro atoms. The molecule has 3 N–H and O–H groups in total. The highest BCUT2D eigenvalue weighted by atomic mass is 16.4. The molecular formula is C14H19N3O4. The fraction of sp³-hybridized carbons (Fsp3) is 0.571. The molecule has 2 fully saturated rings. The molecule has 1 aromatic rings. The largest absolute Gasteiger partial charge is 0.453 e. The molecule has 1 aliphatic carbocycles. The Hall–Kier alpha value is -1.86. The van der Waals surface area contributed by atoms with Crippen LogP contribution >= 0.6 is 0 Å². The van der Waals surface area contributed by atoms with Gasteiger partial charge in [0, 0.05) is 25.7 Å². The van der Waals surface area contributed by atoms with E-state index in [0.29, 0.717) is 25.4 Å². The second-order valence-electron chi connectivity index (χ2n) is 5.43. The number of hydrogen-bond donors (Lipinski definition) is 3. The van der Waals surface area contributed by atoms with E-state index in [2.05, 4.69) is 10.6 Å². The van der Waals surface area contributed by atoms with Gasteiger partial charge in [0.1, 0.15) is 18.4 Å². The summed E-state index contributed by atoms with van der Waals surface area (Å²) in [7, 11) is 0. The van der Waals surface area contributed by atoms with Crippen molar-refractivity contribution in [2.45, 2.75) is 31.5 Å². The van der Waals surface area contributed by atoms with Crippen molar-refractivity contribution in [1.82, 2.24) is 15.5 Å². The zero-order valence-corrected chi connectivity index (χ0v) is 11.7. The first-order chi connectivity index (χ1) is 10.2. The Kier molecular flexibility index (Phi) is 3.94. The molecule has 114 valence electrons. The number of aliphatic hydroxyl groups is 1. The van der Waals surface area contributed by atoms with Crippen molar-refractivity contribution in [2.24, 2.45) is 0 Å². The Balaban J connectivity index is 1.73. The lowest BCUT2D eigenvalue weighted by Gasteiger charge is -2.34. The van der Waals surface area contributed by atoms with Crippen LogP contribution in [-0.2, 0) is 11.4 Å². The Morgan fingerprint density at radius 3 is 2.90 bits per heavy atom. The third-order valence-electron chi connectivity index (χ3n) is 3.76. The van der Waals surface area contributed by atoms with Crippen molar-refractivity contribution in [3.05, 3.63) is 23.7 Å². The number of nitrogens with one attached hydrogen (secondary N) is 2. The van der Waals surface area contributed by atoms with Gasteiger partial charge >= 0.3 is 0 Å². The molecule has 21 heavy (non-hydrogen) atoms. The predicted octanol–water partition coefficient (Wildman–Crippen LogP) is -0.535. The lowest BCUT2D eigenvalue weighted by molar-refractivity contribution is -0.126. The minimum Gasteiger partial charge on any atom is -0.453 e. The number of rotatable bonds is 4. The molecule has 7 nitrogen and oxygen atoms in total. The summed E-state index contributed by atoms with van der Waals surface area (Å²) in [4.78, 5) is 26.3. The Morgan fingerprint density at radius 1 is 1.43 bits per heavy atom. The molecule has 1 unspecified atom stereocenters. The highest BCUT2D eigenvalue weighted by Gasteiger charge is 2.36. The van der Waals surface area contributed by atoms with E-state index in [-0.39, 0.29) is 30.2 Å². The number of aliphatic hydroxyl groups excluding tert-OH is 1. The van der Waals surface area contributed by atoms with Gasteiger partial charge in [-0.1, -0.05) is 0 Å². The van der Waals surface area contributed by atoms with Gasteiger partial charge in [0.05, 0.1) is 0 Å². The maximum Gasteiger partial charge on any atom is 0.290 e. The van der Waals surface area contributed by atoms with Crippen molar-refractivity contribution in [2.75, 3.05) is 19.6 Å². The highest BCUT2D eigenvalue weighted by molar-refractivity contribution is 5.96. The van der Waals surface area contributed by atoms with Crippen LogP contribution in [0.15, 0.2) is 16.5 Å². The van der Waals surface area contributed by atoms with Gasteiger partial charge in [-0.3, -0.25) is 9.59 Å². The summed E-state index contributed by atoms with van der Waals surface area (Å²) >= 11 is 0. The second-order valence-corrected chi connectivity index (χ2v) is 5.43. The molecule has 1 aliphatic heterocycles. The number of furan rings is 1. The highest BCUT2D eigenvalue weighted by Crippen LogP contribution is 2.20. The molecule has 0 aromatic carbocycles. The lowest BCUT2D eigenvalue weighted by Crippen LogP contribution is -2.59. The molecule has 1 aromatic heterocycles. The quantitative estimate of drug-likeness (QED) is 0.693. The van der Waals surface area contributed by atoms with Crippen LogP contribution in [0.4, 0.5) is 0 Å². The molecule has 0 bridgehead atoms. The van der Waals surface area contributed by atoms with Crippen molar-refractivity contribution >= 4 is 11.8 Å². The first kappa shape index (κ1) is 14.1. The van der Waals surface area contributed by atoms with E-state index in [1.54, 1.807) is 6.07 Å². The monoisotopic (exact) mass is 293 g/mol. The van der Waals surface area contributed by atoms with Crippen molar-refractivity contribution in [3.8, 4) is 0 Å². The maximum absolute atomic E-state index is 12.5. The SMILES string of the molecule is O=C(NC1CC1)C1CNCCN1C(=O)c1ccc(CO)o1. The third-order valence-corrected chi connectivity index (χ3v) is 3.76. The molecule has 3 rings (SSSR count). The molecule has 7 heteroatoms. The van der Waals surface area contributed by atoms with Crippen LogP contribution in [-0.4, -0.2) is 53.5 Å². The summed E-state index contributed by atoms with van der Waals surface area (Å²) in [5, 5.41) is 15.1. The number of carbonyl (C=O) groups excluding carboxylic acids is 2. The van der Waals surface area contributed by atoms with E-state index in [1.807, 2.05) is 0 Å². The maximum atomic E-state index is 12.5. The molecule has 2 aliphatic rings. The topological polar surface area (TPSA) is 94.8 Å². The summed E-state index contributed by atoms with van der Waals surface area (Å²) < 4.78 is 5.28. The van der Waals surface area contributed by atoms with Crippen LogP contribution in [0.2, 0.25) is 0 Å². The van der Waals surface area contributed by atoms with Gasteiger partial charge in [-0.2, -0.15) is 0 Å². The van der Waals surface area contributed by atoms with Gasteiger partial charge in [0.2, 0.25) is 5.91 Å². The van der Waals surface area contributed by atoms with E-state index < -0.39 is 6.04 Å². The van der Waals surface area contributed by atoms with Crippen molar-refractivity contribution in [3.63, 3.8) is 0 Å². The number of carbonyl (C=O) groups is 2. The zero-order valence-electron chi connectivity index (χ0n) is 11.7.